The maximum Gasteiger partial charge on any atom is 0.120 e. The Morgan fingerprint density at radius 2 is 1.86 bits per heavy atom. The van der Waals surface area contributed by atoms with Crippen molar-refractivity contribution in [3.8, 4) is 17.5 Å². The topological polar surface area (TPSA) is 37.9 Å². The van der Waals surface area contributed by atoms with Crippen molar-refractivity contribution in [1.82, 2.24) is 4.57 Å². The van der Waals surface area contributed by atoms with E-state index in [0.717, 1.165) is 22.3 Å². The van der Waals surface area contributed by atoms with Crippen molar-refractivity contribution in [3.05, 3.63) is 59.3 Å². The smallest absolute Gasteiger partial charge is 0.120 e. The van der Waals surface area contributed by atoms with E-state index in [1.54, 1.807) is 7.11 Å². The molecule has 3 aromatic rings. The van der Waals surface area contributed by atoms with Gasteiger partial charge in [0.05, 0.1) is 18.2 Å². The molecule has 0 aliphatic carbocycles. The molecule has 1 heterocycles. The third-order valence-corrected chi connectivity index (χ3v) is 3.90. The van der Waals surface area contributed by atoms with E-state index in [9.17, 15) is 5.26 Å². The molecule has 0 amide bonds. The lowest BCUT2D eigenvalue weighted by atomic mass is 10.1. The van der Waals surface area contributed by atoms with Gasteiger partial charge in [-0.2, -0.15) is 5.26 Å². The van der Waals surface area contributed by atoms with Crippen LogP contribution in [-0.4, -0.2) is 11.7 Å². The number of nitriles is 1. The van der Waals surface area contributed by atoms with Crippen LogP contribution in [0.5, 0.6) is 5.75 Å². The summed E-state index contributed by atoms with van der Waals surface area (Å²) in [5, 5.41) is 10.3. The molecule has 0 saturated heterocycles. The summed E-state index contributed by atoms with van der Waals surface area (Å²) in [7, 11) is 1.65. The van der Waals surface area contributed by atoms with Crippen LogP contribution in [0.25, 0.3) is 16.6 Å². The highest BCUT2D eigenvalue weighted by molar-refractivity contribution is 5.89. The zero-order valence-electron chi connectivity index (χ0n) is 12.3. The minimum atomic E-state index is 0.672. The molecule has 0 spiro atoms. The second-order valence-electron chi connectivity index (χ2n) is 5.18. The van der Waals surface area contributed by atoms with Crippen LogP contribution in [0.15, 0.2) is 42.6 Å². The Balaban J connectivity index is 2.30. The molecular weight excluding hydrogens is 260 g/mol. The van der Waals surface area contributed by atoms with Crippen molar-refractivity contribution >= 4 is 10.9 Å². The van der Waals surface area contributed by atoms with Crippen LogP contribution < -0.4 is 4.74 Å². The van der Waals surface area contributed by atoms with Gasteiger partial charge in [-0.3, -0.25) is 0 Å². The molecule has 3 rings (SSSR count). The molecule has 0 aliphatic rings. The molecule has 104 valence electrons. The van der Waals surface area contributed by atoms with E-state index < -0.39 is 0 Å². The van der Waals surface area contributed by atoms with Crippen molar-refractivity contribution in [2.45, 2.75) is 13.8 Å². The van der Waals surface area contributed by atoms with E-state index >= 15 is 0 Å². The number of aryl methyl sites for hydroxylation is 2. The third-order valence-electron chi connectivity index (χ3n) is 3.90. The highest BCUT2D eigenvalue weighted by atomic mass is 16.5. The summed E-state index contributed by atoms with van der Waals surface area (Å²) in [5.74, 6) is 0.787. The number of hydrogen-bond acceptors (Lipinski definition) is 2. The van der Waals surface area contributed by atoms with Crippen molar-refractivity contribution in [3.63, 3.8) is 0 Å². The van der Waals surface area contributed by atoms with E-state index in [2.05, 4.69) is 38.1 Å². The zero-order valence-corrected chi connectivity index (χ0v) is 12.3. The Labute approximate surface area is 124 Å². The molecule has 0 saturated carbocycles. The quantitative estimate of drug-likeness (QED) is 0.706. The number of nitrogens with zero attached hydrogens (tertiary/aromatic N) is 2. The van der Waals surface area contributed by atoms with E-state index in [1.807, 2.05) is 29.0 Å². The Kier molecular flexibility index (Phi) is 3.15. The van der Waals surface area contributed by atoms with Crippen LogP contribution in [0, 0.1) is 25.2 Å². The van der Waals surface area contributed by atoms with Crippen LogP contribution in [0.4, 0.5) is 0 Å². The third kappa shape index (κ3) is 2.15. The first-order chi connectivity index (χ1) is 10.1. The molecule has 21 heavy (non-hydrogen) atoms. The fourth-order valence-electron chi connectivity index (χ4n) is 2.51. The normalized spacial score (nSPS) is 10.6. The SMILES string of the molecule is COc1ccc2c(C#N)cn(-c3ccc(C)c(C)c3)c2c1. The highest BCUT2D eigenvalue weighted by Gasteiger charge is 2.11. The Morgan fingerprint density at radius 3 is 2.52 bits per heavy atom. The maximum atomic E-state index is 9.33. The summed E-state index contributed by atoms with van der Waals surface area (Å²) in [4.78, 5) is 0. The van der Waals surface area contributed by atoms with E-state index in [-0.39, 0.29) is 0 Å². The van der Waals surface area contributed by atoms with Gasteiger partial charge >= 0.3 is 0 Å². The highest BCUT2D eigenvalue weighted by Crippen LogP contribution is 2.28. The molecule has 0 atom stereocenters. The molecule has 2 aromatic carbocycles. The van der Waals surface area contributed by atoms with Gasteiger partial charge in [0.15, 0.2) is 0 Å². The predicted octanol–water partition coefficient (Wildman–Crippen LogP) is 4.13. The van der Waals surface area contributed by atoms with Gasteiger partial charge in [-0.25, -0.2) is 0 Å². The fourth-order valence-corrected chi connectivity index (χ4v) is 2.51. The first kappa shape index (κ1) is 13.3. The maximum absolute atomic E-state index is 9.33. The molecule has 0 unspecified atom stereocenters. The lowest BCUT2D eigenvalue weighted by Gasteiger charge is -2.09. The summed E-state index contributed by atoms with van der Waals surface area (Å²) in [5.41, 5.74) is 5.20. The van der Waals surface area contributed by atoms with Crippen molar-refractivity contribution < 1.29 is 4.74 Å². The molecule has 1 aromatic heterocycles. The minimum absolute atomic E-state index is 0.672. The van der Waals surface area contributed by atoms with Gasteiger partial charge < -0.3 is 9.30 Å². The van der Waals surface area contributed by atoms with Crippen molar-refractivity contribution in [2.75, 3.05) is 7.11 Å². The first-order valence-electron chi connectivity index (χ1n) is 6.81. The van der Waals surface area contributed by atoms with Gasteiger partial charge in [-0.05, 0) is 49.2 Å². The second kappa shape index (κ2) is 4.99. The molecule has 0 radical (unpaired) electrons. The van der Waals surface area contributed by atoms with Gasteiger partial charge in [-0.1, -0.05) is 6.07 Å². The standard InChI is InChI=1S/C18H16N2O/c1-12-4-5-15(8-13(12)2)20-11-14(10-19)17-7-6-16(21-3)9-18(17)20/h4-9,11H,1-3H3. The number of benzene rings is 2. The largest absolute Gasteiger partial charge is 0.497 e. The predicted molar refractivity (Wildman–Crippen MR) is 84.0 cm³/mol. The summed E-state index contributed by atoms with van der Waals surface area (Å²) in [6.07, 6.45) is 1.88. The minimum Gasteiger partial charge on any atom is -0.497 e. The molecule has 3 nitrogen and oxygen atoms in total. The fraction of sp³-hybridized carbons (Fsp3) is 0.167. The number of fused-ring (bicyclic) bond motifs is 1. The van der Waals surface area contributed by atoms with Crippen LogP contribution >= 0.6 is 0 Å². The summed E-state index contributed by atoms with van der Waals surface area (Å²) in [6, 6.07) is 14.3. The summed E-state index contributed by atoms with van der Waals surface area (Å²) in [6.45, 7) is 4.19. The van der Waals surface area contributed by atoms with E-state index in [4.69, 9.17) is 4.74 Å². The van der Waals surface area contributed by atoms with Crippen LogP contribution in [-0.2, 0) is 0 Å². The molecule has 0 bridgehead atoms. The molecule has 3 heteroatoms. The molecule has 0 N–H and O–H groups in total. The second-order valence-corrected chi connectivity index (χ2v) is 5.18. The number of aromatic nitrogens is 1. The van der Waals surface area contributed by atoms with Crippen molar-refractivity contribution in [1.29, 1.82) is 5.26 Å². The van der Waals surface area contributed by atoms with Gasteiger partial charge in [0.25, 0.3) is 0 Å². The Hall–Kier alpha value is -2.73. The van der Waals surface area contributed by atoms with Gasteiger partial charge in [-0.15, -0.1) is 0 Å². The zero-order chi connectivity index (χ0) is 15.0. The summed E-state index contributed by atoms with van der Waals surface area (Å²) < 4.78 is 7.35. The first-order valence-corrected chi connectivity index (χ1v) is 6.81. The number of methoxy groups -OCH3 is 1. The number of rotatable bonds is 2. The van der Waals surface area contributed by atoms with E-state index in [0.29, 0.717) is 5.56 Å². The lowest BCUT2D eigenvalue weighted by Crippen LogP contribution is -1.94. The van der Waals surface area contributed by atoms with Crippen LogP contribution in [0.1, 0.15) is 16.7 Å². The average molecular weight is 276 g/mol. The molecule has 0 fully saturated rings. The van der Waals surface area contributed by atoms with Crippen molar-refractivity contribution in [2.24, 2.45) is 0 Å². The number of hydrogen-bond donors (Lipinski definition) is 0. The Bertz CT molecular complexity index is 869. The summed E-state index contributed by atoms with van der Waals surface area (Å²) >= 11 is 0. The van der Waals surface area contributed by atoms with Gasteiger partial charge in [0, 0.05) is 23.3 Å². The van der Waals surface area contributed by atoms with Crippen LogP contribution in [0.2, 0.25) is 0 Å². The average Bonchev–Trinajstić information content (AvgIpc) is 2.87. The molecule has 0 aliphatic heterocycles. The lowest BCUT2D eigenvalue weighted by molar-refractivity contribution is 0.415. The van der Waals surface area contributed by atoms with Crippen LogP contribution in [0.3, 0.4) is 0 Å². The van der Waals surface area contributed by atoms with E-state index in [1.165, 1.54) is 11.1 Å². The monoisotopic (exact) mass is 276 g/mol. The van der Waals surface area contributed by atoms with Gasteiger partial charge in [0.2, 0.25) is 0 Å². The molecular formula is C18H16N2O. The Morgan fingerprint density at radius 1 is 1.05 bits per heavy atom. The number of ether oxygens (including phenoxy) is 1. The van der Waals surface area contributed by atoms with Gasteiger partial charge in [0.1, 0.15) is 11.8 Å².